The zero-order valence-electron chi connectivity index (χ0n) is 70.3. The minimum Gasteiger partial charge on any atom is -0.394 e. The number of aryl methyl sites for hydroxylation is 5. The van der Waals surface area contributed by atoms with Gasteiger partial charge in [0, 0.05) is 130 Å². The van der Waals surface area contributed by atoms with Gasteiger partial charge in [0.15, 0.2) is 0 Å². The van der Waals surface area contributed by atoms with Gasteiger partial charge in [0.1, 0.15) is 65.9 Å². The van der Waals surface area contributed by atoms with Crippen LogP contribution in [0.4, 0.5) is 22.0 Å². The number of benzene rings is 5. The van der Waals surface area contributed by atoms with E-state index in [1.54, 1.807) is 49.4 Å². The van der Waals surface area contributed by atoms with Crippen molar-refractivity contribution in [3.63, 3.8) is 0 Å². The number of amides is 5. The number of fused-ring (bicyclic) bond motifs is 5. The number of aliphatic hydroxyl groups is 3. The fourth-order valence-electron chi connectivity index (χ4n) is 13.1. The second kappa shape index (κ2) is 47.7. The van der Waals surface area contributed by atoms with Crippen molar-refractivity contribution in [1.82, 2.24) is 52.3 Å². The highest BCUT2D eigenvalue weighted by Gasteiger charge is 2.29. The molecule has 5 amide bonds. The zero-order valence-corrected chi connectivity index (χ0v) is 85.1. The first kappa shape index (κ1) is 101. The molecule has 1 aliphatic rings. The van der Waals surface area contributed by atoms with Crippen LogP contribution in [0.15, 0.2) is 152 Å². The molecule has 16 rings (SSSR count). The molecular formula is C92H82F5I5N10O13S5. The minimum atomic E-state index is -1.09. The lowest BCUT2D eigenvalue weighted by Crippen LogP contribution is -2.30. The molecule has 1 aliphatic carbocycles. The van der Waals surface area contributed by atoms with Crippen LogP contribution >= 0.6 is 170 Å². The van der Waals surface area contributed by atoms with Crippen LogP contribution in [0, 0.1) is 87.5 Å². The molecule has 1 atom stereocenters. The van der Waals surface area contributed by atoms with Gasteiger partial charge in [-0.1, -0.05) is 30.3 Å². The number of thiophene rings is 5. The van der Waals surface area contributed by atoms with E-state index in [1.165, 1.54) is 94.1 Å². The van der Waals surface area contributed by atoms with Gasteiger partial charge in [-0.15, -0.1) is 56.7 Å². The first-order chi connectivity index (χ1) is 62.4. The number of carbonyl (C=O) groups is 5. The molecule has 23 nitrogen and oxygen atoms in total. The predicted molar refractivity (Wildman–Crippen MR) is 538 cm³/mol. The van der Waals surface area contributed by atoms with Crippen LogP contribution in [0.5, 0.6) is 0 Å². The van der Waals surface area contributed by atoms with Crippen molar-refractivity contribution in [3.05, 3.63) is 307 Å². The van der Waals surface area contributed by atoms with Crippen LogP contribution in [0.3, 0.4) is 0 Å². The van der Waals surface area contributed by atoms with E-state index in [2.05, 4.69) is 143 Å². The average Bonchev–Trinajstić information content (AvgIpc) is 1.65. The number of rotatable bonds is 28. The number of aliphatic hydroxyl groups excluding tert-OH is 3. The minimum absolute atomic E-state index is 0.00769. The fraction of sp³-hybridized carbons (Fsp3) is 0.239. The molecule has 0 saturated heterocycles. The van der Waals surface area contributed by atoms with E-state index in [4.69, 9.17) is 34.4 Å². The summed E-state index contributed by atoms with van der Waals surface area (Å²) >= 11 is 17.3. The third-order valence-electron chi connectivity index (χ3n) is 19.5. The molecule has 8 N–H and O–H groups in total. The molecule has 0 aliphatic heterocycles. The Morgan fingerprint density at radius 3 is 0.877 bits per heavy atom. The van der Waals surface area contributed by atoms with Gasteiger partial charge in [0.25, 0.3) is 29.5 Å². The number of nitrogens with one attached hydrogen (secondary N) is 5. The molecule has 10 aromatic heterocycles. The van der Waals surface area contributed by atoms with E-state index < -0.39 is 24.5 Å². The second-order valence-corrected chi connectivity index (χ2v) is 41.0. The highest BCUT2D eigenvalue weighted by Crippen LogP contribution is 2.40. The predicted octanol–water partition coefficient (Wildman–Crippen LogP) is 20.4. The van der Waals surface area contributed by atoms with Crippen molar-refractivity contribution in [2.24, 2.45) is 5.92 Å². The Morgan fingerprint density at radius 2 is 0.638 bits per heavy atom. The van der Waals surface area contributed by atoms with Crippen molar-refractivity contribution >= 4 is 250 Å². The molecule has 10 heterocycles. The standard InChI is InChI=1S/C20H18FIN2O2S.C19H18FIN2O4S.C18H16FIN2O3S.C18H16FIN2O2S.C17H14FIN2O2S/c1-11-2-7-15-18(19(25)24-26-10-12-3-4-12)17(27-20(15)23-11)8-13-5-6-14(22)9-16(13)21;1-10-2-5-14-17(18(26)23-27-9-13(25)8-24)16(28-19(14)22-10)6-11-3-4-12(21)7-15(11)20;1-10-2-5-13-16(17(24)22-25-7-6-23)15(26-18(13)21-10)8-11-3-4-12(20)9-14(11)19;1-3-24-22-17(23)16-13-7-4-10(2)21-18(13)25-15(16)8-11-5-6-12(20)9-14(11)19;1-9-3-6-12-15(16(22)21-23-2)14(24-17(12)20-9)7-10-4-5-11(19)8-13(10)18/h2,5-7,9,12H,3-4,8,10H2,1H3,(H,24,25);2-5,7,13,24-25H,6,8-9H2,1H3,(H,23,26);2-5,9,23H,6-8H2,1H3,(H,22,24);4-7,9H,3,8H2,1-2H3,(H,22,23);3-6,8H,7H2,1-2H3,(H,21,22)/t;13-;;;/m.1.../s1. The van der Waals surface area contributed by atoms with Crippen LogP contribution in [-0.2, 0) is 56.3 Å². The molecule has 678 valence electrons. The summed E-state index contributed by atoms with van der Waals surface area (Å²) in [6, 6.07) is 43.8. The summed E-state index contributed by atoms with van der Waals surface area (Å²) in [5, 5.41) is 30.6. The number of halogens is 10. The lowest BCUT2D eigenvalue weighted by atomic mass is 10.1. The number of hydrogen-bond acceptors (Lipinski definition) is 23. The van der Waals surface area contributed by atoms with Crippen molar-refractivity contribution in [2.45, 2.75) is 92.6 Å². The summed E-state index contributed by atoms with van der Waals surface area (Å²) in [4.78, 5) is 118. The zero-order chi connectivity index (χ0) is 93.1. The fourth-order valence-corrected chi connectivity index (χ4v) is 21.5. The van der Waals surface area contributed by atoms with Crippen LogP contribution in [-0.4, -0.2) is 123 Å². The molecule has 5 aromatic carbocycles. The second-order valence-electron chi connectivity index (χ2n) is 29.4. The van der Waals surface area contributed by atoms with Crippen molar-refractivity contribution in [3.8, 4) is 0 Å². The summed E-state index contributed by atoms with van der Waals surface area (Å²) in [6.45, 7) is 11.2. The molecule has 38 heteroatoms. The number of carbonyl (C=O) groups excluding carboxylic acids is 5. The maximum absolute atomic E-state index is 14.3. The topological polar surface area (TPSA) is 317 Å². The van der Waals surface area contributed by atoms with E-state index in [9.17, 15) is 51.0 Å². The van der Waals surface area contributed by atoms with Crippen LogP contribution in [0.1, 0.15) is 152 Å². The van der Waals surface area contributed by atoms with E-state index in [1.807, 2.05) is 136 Å². The Bertz CT molecular complexity index is 6680. The van der Waals surface area contributed by atoms with Gasteiger partial charge >= 0.3 is 0 Å². The number of aromatic nitrogens is 5. The maximum Gasteiger partial charge on any atom is 0.276 e. The molecule has 15 aromatic rings. The Hall–Kier alpha value is -8.02. The average molecular weight is 2430 g/mol. The third kappa shape index (κ3) is 27.0. The van der Waals surface area contributed by atoms with E-state index >= 15 is 0 Å². The molecule has 1 saturated carbocycles. The van der Waals surface area contributed by atoms with Crippen LogP contribution in [0.2, 0.25) is 0 Å². The Morgan fingerprint density at radius 1 is 0.385 bits per heavy atom. The summed E-state index contributed by atoms with van der Waals surface area (Å²) in [7, 11) is 1.38. The SMILES string of the molecule is CCONC(=O)c1c(Cc2ccc(I)cc2F)sc2nc(C)ccc12.CONC(=O)c1c(Cc2ccc(I)cc2F)sc2nc(C)ccc12.Cc1ccc2c(C(=O)NOCC3CC3)c(Cc3ccc(I)cc3F)sc2n1.Cc1ccc2c(C(=O)NOCCO)c(Cc3ccc(I)cc3F)sc2n1.Cc1ccc2c(C(=O)NOC[C@H](O)CO)c(Cc3ccc(I)cc3F)sc2n1. The normalized spacial score (nSPS) is 11.9. The van der Waals surface area contributed by atoms with Gasteiger partial charge in [-0.3, -0.25) is 48.2 Å². The van der Waals surface area contributed by atoms with E-state index in [0.29, 0.717) is 119 Å². The number of nitrogens with zero attached hydrogens (tertiary/aromatic N) is 5. The summed E-state index contributed by atoms with van der Waals surface area (Å²) in [5.41, 5.74) is 21.2. The molecule has 0 radical (unpaired) electrons. The first-order valence-electron chi connectivity index (χ1n) is 39.9. The summed E-state index contributed by atoms with van der Waals surface area (Å²) < 4.78 is 75.5. The molecule has 0 unspecified atom stereocenters. The number of hydrogen-bond donors (Lipinski definition) is 8. The monoisotopic (exact) mass is 2420 g/mol. The highest BCUT2D eigenvalue weighted by atomic mass is 127. The molecule has 1 fully saturated rings. The van der Waals surface area contributed by atoms with Gasteiger partial charge in [-0.25, -0.2) is 74.3 Å². The first-order valence-corrected chi connectivity index (χ1v) is 49.4. The number of hydroxylamine groups is 5. The van der Waals surface area contributed by atoms with Gasteiger partial charge < -0.3 is 15.3 Å². The van der Waals surface area contributed by atoms with E-state index in [0.717, 1.165) is 109 Å². The van der Waals surface area contributed by atoms with Crippen molar-refractivity contribution in [1.29, 1.82) is 0 Å². The van der Waals surface area contributed by atoms with Gasteiger partial charge in [0.2, 0.25) is 0 Å². The van der Waals surface area contributed by atoms with Gasteiger partial charge in [0.05, 0.1) is 68.0 Å². The van der Waals surface area contributed by atoms with Crippen LogP contribution < -0.4 is 27.4 Å². The van der Waals surface area contributed by atoms with Gasteiger partial charge in [-0.05, 0) is 322 Å². The van der Waals surface area contributed by atoms with Crippen molar-refractivity contribution in [2.75, 3.05) is 46.8 Å². The van der Waals surface area contributed by atoms with Gasteiger partial charge in [-0.2, -0.15) is 0 Å². The van der Waals surface area contributed by atoms with E-state index in [-0.39, 0.29) is 79.5 Å². The Balaban J connectivity index is 0.000000147. The van der Waals surface area contributed by atoms with Crippen molar-refractivity contribution < 1.29 is 85.4 Å². The smallest absolute Gasteiger partial charge is 0.276 e. The summed E-state index contributed by atoms with van der Waals surface area (Å²) in [5.74, 6) is -2.83. The quantitative estimate of drug-likeness (QED) is 0.00977. The van der Waals surface area contributed by atoms with Crippen LogP contribution in [0.25, 0.3) is 51.1 Å². The molecular weight excluding hydrogens is 2340 g/mol. The number of pyridine rings is 5. The molecule has 130 heavy (non-hydrogen) atoms. The Kier molecular flexibility index (Phi) is 37.1. The Labute approximate surface area is 831 Å². The molecule has 0 spiro atoms. The highest BCUT2D eigenvalue weighted by molar-refractivity contribution is 14.1. The third-order valence-corrected chi connectivity index (χ3v) is 28.4. The summed E-state index contributed by atoms with van der Waals surface area (Å²) in [6.07, 6.45) is 2.73. The molecule has 0 bridgehead atoms. The maximum atomic E-state index is 14.3. The largest absolute Gasteiger partial charge is 0.394 e. The lowest BCUT2D eigenvalue weighted by Gasteiger charge is -2.10. The lowest BCUT2D eigenvalue weighted by molar-refractivity contribution is -0.0294.